The van der Waals surface area contributed by atoms with Gasteiger partial charge in [0.15, 0.2) is 0 Å². The van der Waals surface area contributed by atoms with Crippen LogP contribution in [0.2, 0.25) is 0 Å². The number of amides is 1. The second kappa shape index (κ2) is 5.16. The predicted octanol–water partition coefficient (Wildman–Crippen LogP) is -0.618. The topological polar surface area (TPSA) is 131 Å². The predicted molar refractivity (Wildman–Crippen MR) is 65.4 cm³/mol. The Kier molecular flexibility index (Phi) is 3.58. The highest BCUT2D eigenvalue weighted by molar-refractivity contribution is 7.89. The molecule has 0 spiro atoms. The quantitative estimate of drug-likeness (QED) is 0.672. The molecule has 0 fully saturated rings. The first kappa shape index (κ1) is 13.2. The van der Waals surface area contributed by atoms with Crippen LogP contribution < -0.4 is 10.5 Å². The Morgan fingerprint density at radius 3 is 2.53 bits per heavy atom. The molecule has 9 heteroatoms. The average molecular weight is 281 g/mol. The van der Waals surface area contributed by atoms with Crippen LogP contribution in [-0.4, -0.2) is 29.5 Å². The van der Waals surface area contributed by atoms with Gasteiger partial charge >= 0.3 is 0 Å². The van der Waals surface area contributed by atoms with E-state index in [1.165, 1.54) is 30.6 Å². The summed E-state index contributed by atoms with van der Waals surface area (Å²) in [5, 5.41) is 6.14. The van der Waals surface area contributed by atoms with Crippen LogP contribution in [0.15, 0.2) is 35.5 Å². The molecular formula is C10H11N5O3S. The third-order valence-electron chi connectivity index (χ3n) is 2.34. The van der Waals surface area contributed by atoms with Gasteiger partial charge in [0, 0.05) is 5.56 Å². The number of nitrogens with zero attached hydrogens (tertiary/aromatic N) is 2. The van der Waals surface area contributed by atoms with Gasteiger partial charge in [-0.3, -0.25) is 9.89 Å². The highest BCUT2D eigenvalue weighted by atomic mass is 32.2. The molecule has 0 bridgehead atoms. The monoisotopic (exact) mass is 281 g/mol. The maximum absolute atomic E-state index is 11.9. The van der Waals surface area contributed by atoms with Crippen LogP contribution >= 0.6 is 0 Å². The van der Waals surface area contributed by atoms with Gasteiger partial charge in [-0.25, -0.2) is 18.1 Å². The van der Waals surface area contributed by atoms with Gasteiger partial charge in [0.05, 0.1) is 11.4 Å². The molecule has 0 atom stereocenters. The molecule has 1 amide bonds. The molecule has 2 rings (SSSR count). The second-order valence-corrected chi connectivity index (χ2v) is 5.41. The molecule has 100 valence electrons. The van der Waals surface area contributed by atoms with Gasteiger partial charge in [-0.1, -0.05) is 0 Å². The summed E-state index contributed by atoms with van der Waals surface area (Å²) in [7, 11) is -3.67. The number of nitrogens with two attached hydrogens (primary N) is 1. The van der Waals surface area contributed by atoms with Crippen LogP contribution in [0.25, 0.3) is 0 Å². The summed E-state index contributed by atoms with van der Waals surface area (Å²) < 4.78 is 26.2. The molecule has 1 aromatic carbocycles. The van der Waals surface area contributed by atoms with E-state index in [0.717, 1.165) is 0 Å². The van der Waals surface area contributed by atoms with Crippen molar-refractivity contribution >= 4 is 15.9 Å². The van der Waals surface area contributed by atoms with Gasteiger partial charge in [0.1, 0.15) is 12.2 Å². The van der Waals surface area contributed by atoms with E-state index in [4.69, 9.17) is 5.73 Å². The van der Waals surface area contributed by atoms with Crippen molar-refractivity contribution in [2.24, 2.45) is 5.73 Å². The summed E-state index contributed by atoms with van der Waals surface area (Å²) in [6.07, 6.45) is 1.28. The number of H-pyrrole nitrogens is 1. The molecule has 19 heavy (non-hydrogen) atoms. The van der Waals surface area contributed by atoms with Gasteiger partial charge < -0.3 is 5.73 Å². The molecule has 0 aliphatic rings. The van der Waals surface area contributed by atoms with Gasteiger partial charge in [0.2, 0.25) is 15.9 Å². The Morgan fingerprint density at radius 1 is 1.32 bits per heavy atom. The number of hydrogen-bond acceptors (Lipinski definition) is 5. The second-order valence-electron chi connectivity index (χ2n) is 3.65. The van der Waals surface area contributed by atoms with E-state index in [-0.39, 0.29) is 17.0 Å². The third kappa shape index (κ3) is 3.14. The number of rotatable bonds is 5. The standard InChI is InChI=1S/C10H11N5O3S/c11-10(16)7-1-3-8(4-2-7)19(17,18)14-5-9-12-6-13-15-9/h1-4,6,14H,5H2,(H2,11,16)(H,12,13,15). The maximum atomic E-state index is 11.9. The number of hydrogen-bond donors (Lipinski definition) is 3. The lowest BCUT2D eigenvalue weighted by atomic mass is 10.2. The molecule has 0 saturated carbocycles. The number of carbonyl (C=O) groups excluding carboxylic acids is 1. The van der Waals surface area contributed by atoms with Crippen LogP contribution in [0.1, 0.15) is 16.2 Å². The van der Waals surface area contributed by atoms with E-state index >= 15 is 0 Å². The fraction of sp³-hybridized carbons (Fsp3) is 0.100. The first-order chi connectivity index (χ1) is 8.99. The van der Waals surface area contributed by atoms with Crippen LogP contribution in [0.5, 0.6) is 0 Å². The Bertz CT molecular complexity index is 664. The lowest BCUT2D eigenvalue weighted by Crippen LogP contribution is -2.24. The highest BCUT2D eigenvalue weighted by Gasteiger charge is 2.14. The van der Waals surface area contributed by atoms with Gasteiger partial charge in [-0.15, -0.1) is 0 Å². The number of carbonyl (C=O) groups is 1. The third-order valence-corrected chi connectivity index (χ3v) is 3.76. The molecule has 0 unspecified atom stereocenters. The molecule has 8 nitrogen and oxygen atoms in total. The van der Waals surface area contributed by atoms with Crippen molar-refractivity contribution in [2.75, 3.05) is 0 Å². The van der Waals surface area contributed by atoms with Gasteiger partial charge in [-0.2, -0.15) is 5.10 Å². The van der Waals surface area contributed by atoms with Crippen molar-refractivity contribution in [1.82, 2.24) is 19.9 Å². The van der Waals surface area contributed by atoms with E-state index in [2.05, 4.69) is 19.9 Å². The zero-order chi connectivity index (χ0) is 13.9. The molecule has 0 radical (unpaired) electrons. The Balaban J connectivity index is 2.13. The minimum atomic E-state index is -3.67. The Labute approximate surface area is 109 Å². The van der Waals surface area contributed by atoms with E-state index in [9.17, 15) is 13.2 Å². The van der Waals surface area contributed by atoms with E-state index in [0.29, 0.717) is 5.82 Å². The van der Waals surface area contributed by atoms with E-state index in [1.807, 2.05) is 0 Å². The molecule has 1 aromatic heterocycles. The van der Waals surface area contributed by atoms with Gasteiger partial charge in [-0.05, 0) is 24.3 Å². The zero-order valence-corrected chi connectivity index (χ0v) is 10.5. The number of aromatic nitrogens is 3. The SMILES string of the molecule is NC(=O)c1ccc(S(=O)(=O)NCc2ncn[nH]2)cc1. The van der Waals surface area contributed by atoms with E-state index < -0.39 is 15.9 Å². The zero-order valence-electron chi connectivity index (χ0n) is 9.70. The molecule has 0 saturated heterocycles. The smallest absolute Gasteiger partial charge is 0.248 e. The normalized spacial score (nSPS) is 11.4. The summed E-state index contributed by atoms with van der Waals surface area (Å²) in [6, 6.07) is 5.32. The van der Waals surface area contributed by atoms with Gasteiger partial charge in [0.25, 0.3) is 0 Å². The van der Waals surface area contributed by atoms with Crippen LogP contribution in [0.3, 0.4) is 0 Å². The summed E-state index contributed by atoms with van der Waals surface area (Å²) in [5.41, 5.74) is 5.32. The number of nitrogens with one attached hydrogen (secondary N) is 2. The van der Waals surface area contributed by atoms with Crippen LogP contribution in [0, 0.1) is 0 Å². The van der Waals surface area contributed by atoms with Crippen molar-refractivity contribution in [1.29, 1.82) is 0 Å². The first-order valence-corrected chi connectivity index (χ1v) is 6.71. The molecule has 1 heterocycles. The van der Waals surface area contributed by atoms with Crippen molar-refractivity contribution in [3.05, 3.63) is 42.0 Å². The largest absolute Gasteiger partial charge is 0.366 e. The minimum absolute atomic E-state index is 0.0000950. The number of primary amides is 1. The van der Waals surface area contributed by atoms with Crippen molar-refractivity contribution in [3.8, 4) is 0 Å². The number of sulfonamides is 1. The van der Waals surface area contributed by atoms with Crippen LogP contribution in [-0.2, 0) is 16.6 Å². The number of aromatic amines is 1. The van der Waals surface area contributed by atoms with Crippen molar-refractivity contribution in [3.63, 3.8) is 0 Å². The van der Waals surface area contributed by atoms with Crippen LogP contribution in [0.4, 0.5) is 0 Å². The maximum Gasteiger partial charge on any atom is 0.248 e. The molecular weight excluding hydrogens is 270 g/mol. The Morgan fingerprint density at radius 2 is 2.00 bits per heavy atom. The summed E-state index contributed by atoms with van der Waals surface area (Å²) in [6.45, 7) is -0.0000950. The summed E-state index contributed by atoms with van der Waals surface area (Å²) >= 11 is 0. The summed E-state index contributed by atoms with van der Waals surface area (Å²) in [4.78, 5) is 14.7. The van der Waals surface area contributed by atoms with Crippen molar-refractivity contribution in [2.45, 2.75) is 11.4 Å². The highest BCUT2D eigenvalue weighted by Crippen LogP contribution is 2.10. The fourth-order valence-electron chi connectivity index (χ4n) is 1.36. The Hall–Kier alpha value is -2.26. The number of benzene rings is 1. The van der Waals surface area contributed by atoms with E-state index in [1.54, 1.807) is 0 Å². The first-order valence-electron chi connectivity index (χ1n) is 5.23. The van der Waals surface area contributed by atoms with Crippen molar-refractivity contribution < 1.29 is 13.2 Å². The fourth-order valence-corrected chi connectivity index (χ4v) is 2.35. The summed E-state index contributed by atoms with van der Waals surface area (Å²) in [5.74, 6) is -0.212. The molecule has 4 N–H and O–H groups in total. The molecule has 2 aromatic rings. The molecule has 0 aliphatic carbocycles. The minimum Gasteiger partial charge on any atom is -0.366 e. The molecule has 0 aliphatic heterocycles. The lowest BCUT2D eigenvalue weighted by molar-refractivity contribution is 0.1000. The lowest BCUT2D eigenvalue weighted by Gasteiger charge is -2.05. The average Bonchev–Trinajstić information content (AvgIpc) is 2.90.